The summed E-state index contributed by atoms with van der Waals surface area (Å²) in [5, 5.41) is 9.36. The van der Waals surface area contributed by atoms with Crippen molar-refractivity contribution < 1.29 is 5.11 Å². The fraction of sp³-hybridized carbons (Fsp3) is 0.727. The molecule has 0 saturated heterocycles. The summed E-state index contributed by atoms with van der Waals surface area (Å²) in [5.41, 5.74) is 0.104. The molecule has 3 nitrogen and oxygen atoms in total. The van der Waals surface area contributed by atoms with Gasteiger partial charge in [-0.3, -0.25) is 0 Å². The van der Waals surface area contributed by atoms with E-state index in [1.807, 2.05) is 30.9 Å². The molecule has 1 rings (SSSR count). The van der Waals surface area contributed by atoms with Crippen molar-refractivity contribution in [3.05, 3.63) is 18.2 Å². The smallest absolute Gasteiger partial charge is 0.108 e. The van der Waals surface area contributed by atoms with E-state index in [-0.39, 0.29) is 11.5 Å². The van der Waals surface area contributed by atoms with Crippen molar-refractivity contribution in [3.63, 3.8) is 0 Å². The number of aryl methyl sites for hydroxylation is 1. The molecule has 1 heterocycles. The number of hydrogen-bond acceptors (Lipinski definition) is 2. The van der Waals surface area contributed by atoms with Crippen LogP contribution in [0.15, 0.2) is 12.4 Å². The Morgan fingerprint density at radius 2 is 2.21 bits per heavy atom. The lowest BCUT2D eigenvalue weighted by Gasteiger charge is -2.25. The first-order valence-corrected chi connectivity index (χ1v) is 5.05. The Hall–Kier alpha value is -0.830. The van der Waals surface area contributed by atoms with Gasteiger partial charge in [-0.05, 0) is 18.8 Å². The standard InChI is InChI=1S/C11H20N2O/c1-9(14)7-11(2,3)8-10-12-5-6-13(10)4/h5-6,9,14H,7-8H2,1-4H3. The average molecular weight is 196 g/mol. The van der Waals surface area contributed by atoms with Crippen LogP contribution in [0.5, 0.6) is 0 Å². The number of rotatable bonds is 4. The van der Waals surface area contributed by atoms with E-state index in [9.17, 15) is 5.11 Å². The van der Waals surface area contributed by atoms with Crippen LogP contribution in [0.3, 0.4) is 0 Å². The maximum atomic E-state index is 9.36. The van der Waals surface area contributed by atoms with E-state index in [1.54, 1.807) is 0 Å². The molecule has 1 unspecified atom stereocenters. The minimum absolute atomic E-state index is 0.104. The molecule has 0 aromatic carbocycles. The van der Waals surface area contributed by atoms with Gasteiger partial charge in [0.2, 0.25) is 0 Å². The molecule has 0 radical (unpaired) electrons. The zero-order valence-electron chi connectivity index (χ0n) is 9.49. The highest BCUT2D eigenvalue weighted by atomic mass is 16.3. The van der Waals surface area contributed by atoms with Crippen LogP contribution in [-0.2, 0) is 13.5 Å². The molecule has 0 aliphatic carbocycles. The highest BCUT2D eigenvalue weighted by molar-refractivity contribution is 4.95. The monoisotopic (exact) mass is 196 g/mol. The van der Waals surface area contributed by atoms with Gasteiger partial charge in [-0.1, -0.05) is 13.8 Å². The summed E-state index contributed by atoms with van der Waals surface area (Å²) in [6, 6.07) is 0. The number of imidazole rings is 1. The Kier molecular flexibility index (Phi) is 3.32. The van der Waals surface area contributed by atoms with Gasteiger partial charge in [-0.15, -0.1) is 0 Å². The second-order valence-electron chi connectivity index (χ2n) is 4.85. The van der Waals surface area contributed by atoms with Gasteiger partial charge in [-0.2, -0.15) is 0 Å². The van der Waals surface area contributed by atoms with Crippen molar-refractivity contribution in [2.45, 2.75) is 39.7 Å². The molecule has 1 N–H and O–H groups in total. The lowest BCUT2D eigenvalue weighted by Crippen LogP contribution is -2.22. The molecule has 0 bridgehead atoms. The van der Waals surface area contributed by atoms with Gasteiger partial charge in [0.15, 0.2) is 0 Å². The lowest BCUT2D eigenvalue weighted by atomic mass is 9.83. The van der Waals surface area contributed by atoms with Crippen LogP contribution in [0.4, 0.5) is 0 Å². The molecule has 1 aromatic rings. The second-order valence-corrected chi connectivity index (χ2v) is 4.85. The fourth-order valence-corrected chi connectivity index (χ4v) is 1.87. The fourth-order valence-electron chi connectivity index (χ4n) is 1.87. The number of aromatic nitrogens is 2. The zero-order chi connectivity index (χ0) is 10.8. The van der Waals surface area contributed by atoms with Crippen molar-refractivity contribution in [2.24, 2.45) is 12.5 Å². The van der Waals surface area contributed by atoms with Gasteiger partial charge in [0.25, 0.3) is 0 Å². The third kappa shape index (κ3) is 3.14. The molecule has 1 atom stereocenters. The molecule has 80 valence electrons. The Morgan fingerprint density at radius 3 is 2.64 bits per heavy atom. The quantitative estimate of drug-likeness (QED) is 0.797. The molecule has 0 aliphatic heterocycles. The van der Waals surface area contributed by atoms with Gasteiger partial charge < -0.3 is 9.67 Å². The first-order valence-electron chi connectivity index (χ1n) is 5.05. The summed E-state index contributed by atoms with van der Waals surface area (Å²) in [4.78, 5) is 4.29. The lowest BCUT2D eigenvalue weighted by molar-refractivity contribution is 0.128. The zero-order valence-corrected chi connectivity index (χ0v) is 9.49. The molecule has 0 saturated carbocycles. The molecule has 0 amide bonds. The predicted molar refractivity (Wildman–Crippen MR) is 57.0 cm³/mol. The van der Waals surface area contributed by atoms with Gasteiger partial charge in [0.1, 0.15) is 5.82 Å². The van der Waals surface area contributed by atoms with Gasteiger partial charge in [0.05, 0.1) is 6.10 Å². The minimum Gasteiger partial charge on any atom is -0.393 e. The van der Waals surface area contributed by atoms with Crippen LogP contribution in [-0.4, -0.2) is 20.8 Å². The summed E-state index contributed by atoms with van der Waals surface area (Å²) < 4.78 is 2.03. The van der Waals surface area contributed by atoms with Gasteiger partial charge >= 0.3 is 0 Å². The van der Waals surface area contributed by atoms with Crippen LogP contribution in [0, 0.1) is 5.41 Å². The van der Waals surface area contributed by atoms with Crippen molar-refractivity contribution in [3.8, 4) is 0 Å². The van der Waals surface area contributed by atoms with Crippen LogP contribution in [0.25, 0.3) is 0 Å². The topological polar surface area (TPSA) is 38.1 Å². The normalized spacial score (nSPS) is 14.4. The van der Waals surface area contributed by atoms with Crippen LogP contribution in [0.1, 0.15) is 33.0 Å². The first-order chi connectivity index (χ1) is 6.41. The molecule has 0 fully saturated rings. The molecule has 1 aromatic heterocycles. The summed E-state index contributed by atoms with van der Waals surface area (Å²) in [6.45, 7) is 6.16. The summed E-state index contributed by atoms with van der Waals surface area (Å²) in [7, 11) is 2.00. The minimum atomic E-state index is -0.245. The first kappa shape index (κ1) is 11.2. The SMILES string of the molecule is CC(O)CC(C)(C)Cc1nccn1C. The van der Waals surface area contributed by atoms with E-state index < -0.39 is 0 Å². The predicted octanol–water partition coefficient (Wildman–Crippen LogP) is 1.76. The maximum absolute atomic E-state index is 9.36. The number of aliphatic hydroxyl groups is 1. The van der Waals surface area contributed by atoms with E-state index in [1.165, 1.54) is 0 Å². The van der Waals surface area contributed by atoms with Crippen molar-refractivity contribution in [1.82, 2.24) is 9.55 Å². The van der Waals surface area contributed by atoms with Gasteiger partial charge in [0, 0.05) is 25.9 Å². The molecule has 3 heteroatoms. The largest absolute Gasteiger partial charge is 0.393 e. The Morgan fingerprint density at radius 1 is 1.57 bits per heavy atom. The Bertz CT molecular complexity index is 289. The molecule has 0 spiro atoms. The number of nitrogens with zero attached hydrogens (tertiary/aromatic N) is 2. The van der Waals surface area contributed by atoms with Crippen molar-refractivity contribution in [2.75, 3.05) is 0 Å². The second kappa shape index (κ2) is 4.13. The summed E-state index contributed by atoms with van der Waals surface area (Å²) in [6.07, 6.45) is 5.23. The molecule has 14 heavy (non-hydrogen) atoms. The Balaban J connectivity index is 2.63. The number of aliphatic hydroxyl groups excluding tert-OH is 1. The third-order valence-electron chi connectivity index (χ3n) is 2.41. The molecule has 0 aliphatic rings. The third-order valence-corrected chi connectivity index (χ3v) is 2.41. The van der Waals surface area contributed by atoms with Crippen LogP contribution >= 0.6 is 0 Å². The van der Waals surface area contributed by atoms with E-state index in [4.69, 9.17) is 0 Å². The maximum Gasteiger partial charge on any atom is 0.108 e. The van der Waals surface area contributed by atoms with Crippen molar-refractivity contribution >= 4 is 0 Å². The highest BCUT2D eigenvalue weighted by Gasteiger charge is 2.22. The van der Waals surface area contributed by atoms with E-state index in [0.717, 1.165) is 18.7 Å². The summed E-state index contributed by atoms with van der Waals surface area (Å²) >= 11 is 0. The highest BCUT2D eigenvalue weighted by Crippen LogP contribution is 2.26. The average Bonchev–Trinajstić information content (AvgIpc) is 2.32. The molecular weight excluding hydrogens is 176 g/mol. The molecular formula is C11H20N2O. The van der Waals surface area contributed by atoms with E-state index >= 15 is 0 Å². The van der Waals surface area contributed by atoms with Crippen molar-refractivity contribution in [1.29, 1.82) is 0 Å². The van der Waals surface area contributed by atoms with E-state index in [0.29, 0.717) is 0 Å². The van der Waals surface area contributed by atoms with Gasteiger partial charge in [-0.25, -0.2) is 4.98 Å². The van der Waals surface area contributed by atoms with E-state index in [2.05, 4.69) is 18.8 Å². The summed E-state index contributed by atoms with van der Waals surface area (Å²) in [5.74, 6) is 1.08. The Labute approximate surface area is 85.8 Å². The van der Waals surface area contributed by atoms with Crippen LogP contribution < -0.4 is 0 Å². The number of hydrogen-bond donors (Lipinski definition) is 1. The van der Waals surface area contributed by atoms with Crippen LogP contribution in [0.2, 0.25) is 0 Å².